The third kappa shape index (κ3) is 29.0. The fourth-order valence-electron chi connectivity index (χ4n) is 6.07. The van der Waals surface area contributed by atoms with Crippen LogP contribution >= 0.6 is 47.8 Å². The van der Waals surface area contributed by atoms with E-state index in [1.54, 1.807) is 109 Å². The van der Waals surface area contributed by atoms with E-state index < -0.39 is 11.2 Å². The molecule has 0 aliphatic rings. The van der Waals surface area contributed by atoms with Crippen molar-refractivity contribution in [2.24, 2.45) is 10.8 Å². The van der Waals surface area contributed by atoms with Gasteiger partial charge in [0.15, 0.2) is 0 Å². The number of hydrogen-bond acceptors (Lipinski definition) is 16. The molecular weight excluding hydrogens is 1290 g/mol. The third-order valence-corrected chi connectivity index (χ3v) is 14.1. The van der Waals surface area contributed by atoms with Crippen LogP contribution in [0.25, 0.3) is 0 Å². The van der Waals surface area contributed by atoms with Crippen LogP contribution < -0.4 is 132 Å². The van der Waals surface area contributed by atoms with Gasteiger partial charge in [-0.2, -0.15) is 0 Å². The van der Waals surface area contributed by atoms with Crippen molar-refractivity contribution in [1.82, 2.24) is 0 Å². The minimum absolute atomic E-state index is 0. The van der Waals surface area contributed by atoms with Crippen molar-refractivity contribution in [3.63, 3.8) is 0 Å². The van der Waals surface area contributed by atoms with E-state index in [4.69, 9.17) is 52.7 Å². The second kappa shape index (κ2) is 44.6. The van der Waals surface area contributed by atoms with Gasteiger partial charge in [-0.15, -0.1) is 0 Å². The van der Waals surface area contributed by atoms with Gasteiger partial charge in [-0.25, -0.2) is 23.6 Å². The van der Waals surface area contributed by atoms with Gasteiger partial charge in [0, 0.05) is 22.1 Å². The average molecular weight is 1360 g/mol. The molecule has 5 aromatic carbocycles. The van der Waals surface area contributed by atoms with Crippen LogP contribution in [0.5, 0.6) is 28.7 Å². The molecule has 0 aliphatic heterocycles. The maximum Gasteiger partial charge on any atom is 1.00 e. The van der Waals surface area contributed by atoms with Crippen LogP contribution in [0.15, 0.2) is 121 Å². The number of halogens is 4. The molecule has 0 aromatic heterocycles. The molecule has 5 aromatic rings. The molecular formula is C58H70Br3FK2O16. The van der Waals surface area contributed by atoms with Crippen LogP contribution in [-0.4, -0.2) is 106 Å². The smallest absolute Gasteiger partial charge is 1.00 e. The minimum atomic E-state index is -0.691. The Labute approximate surface area is 581 Å². The van der Waals surface area contributed by atoms with Crippen LogP contribution in [-0.2, 0) is 28.6 Å². The number of hydrogen-bond donors (Lipinski definition) is 0. The fourth-order valence-corrected chi connectivity index (χ4v) is 8.13. The Morgan fingerprint density at radius 3 is 0.938 bits per heavy atom. The van der Waals surface area contributed by atoms with E-state index >= 15 is 0 Å². The van der Waals surface area contributed by atoms with Crippen molar-refractivity contribution in [2.75, 3.05) is 75.5 Å². The van der Waals surface area contributed by atoms with Gasteiger partial charge in [-0.1, -0.05) is 89.0 Å². The van der Waals surface area contributed by atoms with Gasteiger partial charge in [0.05, 0.1) is 72.7 Å². The van der Waals surface area contributed by atoms with Gasteiger partial charge >= 0.3 is 127 Å². The third-order valence-electron chi connectivity index (χ3n) is 10.5. The molecule has 0 spiro atoms. The van der Waals surface area contributed by atoms with Crippen molar-refractivity contribution in [3.05, 3.63) is 149 Å². The molecule has 0 saturated heterocycles. The SMILES string of the molecule is C.CCCOC(=O)c1ccc(OCC(CBr)(CBr)COc2ccc(C(=O)OCCC)cc2)cc1.CCCOC(=O)c1ccc(OCC(CBr)(COc2ccc(C(=O)OCCC)cc2)COc2cccc(F)c2)cc1.O=CO[O-].[H-].[K+].[K+]. The quantitative estimate of drug-likeness (QED) is 0.00934. The fraction of sp³-hybridized carbons (Fsp3) is 0.397. The number of alkyl halides is 3. The number of rotatable bonds is 31. The van der Waals surface area contributed by atoms with Crippen LogP contribution in [0.4, 0.5) is 4.39 Å². The van der Waals surface area contributed by atoms with Crippen LogP contribution in [0.1, 0.15) is 104 Å². The maximum atomic E-state index is 13.7. The molecule has 0 heterocycles. The molecule has 0 aliphatic carbocycles. The molecule has 16 nitrogen and oxygen atoms in total. The predicted octanol–water partition coefficient (Wildman–Crippen LogP) is 6.12. The first-order chi connectivity index (χ1) is 37.3. The second-order valence-electron chi connectivity index (χ2n) is 17.1. The Kier molecular flexibility index (Phi) is 42.9. The standard InChI is InChI=1S/C31H34BrFO7.C25H30Br2O6.CH2O3.CH4.2K.H/c1-3-16-36-29(34)23-8-12-26(13-9-23)38-20-31(19-32,22-40-28-7-5-6-25(33)18-28)21-39-27-14-10-24(11-15-27)30(35)37-17-4-2;1-3-13-30-23(28)19-5-9-21(10-6-19)32-17-25(15-26,16-27)18-33-22-11-7-20(8-12-22)24(29)31-14-4-2;2-1-4-3;;;;/h5-15,18H,3-4,16-17,19-22H2,1-2H3;5-12H,3-4,13-18H2,1-2H3;1,3H;1H4;;;/q;;;;2*+1;-1/p-1. The monoisotopic (exact) mass is 1360 g/mol. The van der Waals surface area contributed by atoms with Gasteiger partial charge in [0.25, 0.3) is 6.47 Å². The van der Waals surface area contributed by atoms with E-state index in [2.05, 4.69) is 52.7 Å². The maximum absolute atomic E-state index is 13.7. The second-order valence-corrected chi connectivity index (χ2v) is 18.8. The summed E-state index contributed by atoms with van der Waals surface area (Å²) < 4.78 is 64.5. The van der Waals surface area contributed by atoms with Crippen LogP contribution in [0.3, 0.4) is 0 Å². The molecule has 80 heavy (non-hydrogen) atoms. The molecule has 0 atom stereocenters. The number of benzene rings is 5. The molecule has 0 radical (unpaired) electrons. The van der Waals surface area contributed by atoms with Crippen molar-refractivity contribution in [3.8, 4) is 28.7 Å². The van der Waals surface area contributed by atoms with Crippen molar-refractivity contribution < 1.29 is 185 Å². The molecule has 428 valence electrons. The van der Waals surface area contributed by atoms with Crippen molar-refractivity contribution in [2.45, 2.75) is 60.8 Å². The van der Waals surface area contributed by atoms with Gasteiger partial charge in [-0.3, -0.25) is 4.79 Å². The van der Waals surface area contributed by atoms with Crippen molar-refractivity contribution in [1.29, 1.82) is 0 Å². The molecule has 5 rings (SSSR count). The topological polar surface area (TPSA) is 201 Å². The zero-order chi connectivity index (χ0) is 56.3. The summed E-state index contributed by atoms with van der Waals surface area (Å²) in [7, 11) is 0. The van der Waals surface area contributed by atoms with Crippen molar-refractivity contribution >= 4 is 78.1 Å². The zero-order valence-corrected chi connectivity index (χ0v) is 56.5. The summed E-state index contributed by atoms with van der Waals surface area (Å²) in [6.45, 7) is 10.4. The van der Waals surface area contributed by atoms with Gasteiger partial charge in [0.2, 0.25) is 0 Å². The van der Waals surface area contributed by atoms with E-state index in [0.29, 0.717) is 107 Å². The molecule has 0 bridgehead atoms. The Bertz CT molecular complexity index is 2380. The summed E-state index contributed by atoms with van der Waals surface area (Å²) in [5.41, 5.74) is 0.836. The summed E-state index contributed by atoms with van der Waals surface area (Å²) in [4.78, 5) is 59.3. The number of ether oxygens (including phenoxy) is 9. The molecule has 0 fully saturated rings. The molecule has 0 saturated carbocycles. The molecule has 0 unspecified atom stereocenters. The van der Waals surface area contributed by atoms with Crippen LogP contribution in [0.2, 0.25) is 0 Å². The molecule has 22 heteroatoms. The van der Waals surface area contributed by atoms with Gasteiger partial charge < -0.3 is 54.2 Å². The average Bonchev–Trinajstić information content (AvgIpc) is 3.47. The first-order valence-corrected chi connectivity index (χ1v) is 28.0. The summed E-state index contributed by atoms with van der Waals surface area (Å²) in [5, 5.41) is 10.2. The van der Waals surface area contributed by atoms with E-state index in [-0.39, 0.29) is 167 Å². The van der Waals surface area contributed by atoms with E-state index in [1.165, 1.54) is 12.1 Å². The normalized spacial score (nSPS) is 10.3. The van der Waals surface area contributed by atoms with Crippen LogP contribution in [0, 0.1) is 16.6 Å². The number of carbonyl (C=O) groups is 5. The number of carbonyl (C=O) groups excluding carboxylic acids is 5. The molecule has 0 N–H and O–H groups in total. The largest absolute Gasteiger partial charge is 1.00 e. The number of esters is 4. The Balaban J connectivity index is 0. The van der Waals surface area contributed by atoms with E-state index in [0.717, 1.165) is 25.7 Å². The Hall–Kier alpha value is -2.95. The Morgan fingerprint density at radius 1 is 0.463 bits per heavy atom. The summed E-state index contributed by atoms with van der Waals surface area (Å²) in [6.07, 6.45) is 3.06. The van der Waals surface area contributed by atoms with E-state index in [1.807, 2.05) is 27.7 Å². The summed E-state index contributed by atoms with van der Waals surface area (Å²) >= 11 is 10.7. The zero-order valence-electron chi connectivity index (χ0n) is 46.5. The summed E-state index contributed by atoms with van der Waals surface area (Å²) in [6, 6.07) is 33.1. The Morgan fingerprint density at radius 2 is 0.713 bits per heavy atom. The minimum Gasteiger partial charge on any atom is -1.00 e. The first-order valence-electron chi connectivity index (χ1n) is 24.6. The molecule has 0 amide bonds. The van der Waals surface area contributed by atoms with E-state index in [9.17, 15) is 23.6 Å². The van der Waals surface area contributed by atoms with Gasteiger partial charge in [0.1, 0.15) is 54.4 Å². The first kappa shape index (κ1) is 77.1. The van der Waals surface area contributed by atoms with Gasteiger partial charge in [-0.05, 0) is 135 Å². The predicted molar refractivity (Wildman–Crippen MR) is 303 cm³/mol. The summed E-state index contributed by atoms with van der Waals surface area (Å²) in [5.74, 6) is 0.963.